The van der Waals surface area contributed by atoms with Crippen molar-refractivity contribution in [2.24, 2.45) is 0 Å². The quantitative estimate of drug-likeness (QED) is 0.755. The summed E-state index contributed by atoms with van der Waals surface area (Å²) in [7, 11) is 1.57. The Morgan fingerprint density at radius 2 is 1.71 bits per heavy atom. The van der Waals surface area contributed by atoms with E-state index in [1.165, 1.54) is 0 Å². The molecule has 3 nitrogen and oxygen atoms in total. The Labute approximate surface area is 93.4 Å². The molecule has 78 valence electrons. The third kappa shape index (κ3) is 2.56. The Kier molecular flexibility index (Phi) is 4.11. The minimum atomic E-state index is 0.214. The topological polar surface area (TPSA) is 35.0 Å². The molecule has 0 fully saturated rings. The number of ether oxygens (including phenoxy) is 1. The first-order valence-electron chi connectivity index (χ1n) is 4.27. The molecule has 1 aromatic rings. The van der Waals surface area contributed by atoms with Crippen molar-refractivity contribution in [1.29, 1.82) is 0 Å². The summed E-state index contributed by atoms with van der Waals surface area (Å²) in [6.45, 7) is 4.30. The SMILES string of the molecule is COCc1nc(Cl)c(C(C)C)c(Cl)n1. The summed E-state index contributed by atoms with van der Waals surface area (Å²) in [4.78, 5) is 8.18. The van der Waals surface area contributed by atoms with Gasteiger partial charge in [-0.3, -0.25) is 0 Å². The molecule has 0 aliphatic rings. The molecule has 0 saturated carbocycles. The van der Waals surface area contributed by atoms with Crippen molar-refractivity contribution in [3.63, 3.8) is 0 Å². The van der Waals surface area contributed by atoms with Crippen LogP contribution in [0.2, 0.25) is 10.3 Å². The molecule has 1 heterocycles. The highest BCUT2D eigenvalue weighted by Gasteiger charge is 2.14. The average molecular weight is 235 g/mol. The van der Waals surface area contributed by atoms with E-state index < -0.39 is 0 Å². The van der Waals surface area contributed by atoms with Crippen LogP contribution in [0.1, 0.15) is 31.2 Å². The third-order valence-corrected chi connectivity index (χ3v) is 2.33. The number of halogens is 2. The molecule has 0 atom stereocenters. The summed E-state index contributed by atoms with van der Waals surface area (Å²) in [5, 5.41) is 0.819. The molecule has 0 aliphatic heterocycles. The summed E-state index contributed by atoms with van der Waals surface area (Å²) in [6, 6.07) is 0. The van der Waals surface area contributed by atoms with E-state index in [-0.39, 0.29) is 5.92 Å². The van der Waals surface area contributed by atoms with Crippen molar-refractivity contribution < 1.29 is 4.74 Å². The molecule has 0 bridgehead atoms. The largest absolute Gasteiger partial charge is 0.377 e. The fourth-order valence-electron chi connectivity index (χ4n) is 1.13. The van der Waals surface area contributed by atoms with Crippen molar-refractivity contribution in [3.8, 4) is 0 Å². The number of hydrogen-bond acceptors (Lipinski definition) is 3. The molecule has 0 amide bonds. The zero-order chi connectivity index (χ0) is 10.7. The zero-order valence-electron chi connectivity index (χ0n) is 8.34. The number of rotatable bonds is 3. The van der Waals surface area contributed by atoms with Gasteiger partial charge in [-0.2, -0.15) is 0 Å². The van der Waals surface area contributed by atoms with Gasteiger partial charge in [0.15, 0.2) is 5.82 Å². The van der Waals surface area contributed by atoms with Crippen molar-refractivity contribution in [1.82, 2.24) is 9.97 Å². The molecule has 0 spiro atoms. The first kappa shape index (κ1) is 11.7. The highest BCUT2D eigenvalue weighted by atomic mass is 35.5. The smallest absolute Gasteiger partial charge is 0.157 e. The Hall–Kier alpha value is -0.380. The van der Waals surface area contributed by atoms with Gasteiger partial charge >= 0.3 is 0 Å². The van der Waals surface area contributed by atoms with Gasteiger partial charge in [0.05, 0.1) is 0 Å². The molecular weight excluding hydrogens is 223 g/mol. The molecule has 0 unspecified atom stereocenters. The summed E-state index contributed by atoms with van der Waals surface area (Å²) >= 11 is 11.9. The van der Waals surface area contributed by atoms with Crippen molar-refractivity contribution in [2.75, 3.05) is 7.11 Å². The highest BCUT2D eigenvalue weighted by molar-refractivity contribution is 6.34. The normalized spacial score (nSPS) is 11.0. The fourth-order valence-corrected chi connectivity index (χ4v) is 1.99. The van der Waals surface area contributed by atoms with Crippen LogP contribution in [0.3, 0.4) is 0 Å². The number of methoxy groups -OCH3 is 1. The maximum atomic E-state index is 5.97. The maximum Gasteiger partial charge on any atom is 0.157 e. The van der Waals surface area contributed by atoms with E-state index in [0.29, 0.717) is 22.7 Å². The van der Waals surface area contributed by atoms with E-state index in [9.17, 15) is 0 Å². The second-order valence-corrected chi connectivity index (χ2v) is 3.94. The lowest BCUT2D eigenvalue weighted by Crippen LogP contribution is -2.02. The molecule has 0 aromatic carbocycles. The Morgan fingerprint density at radius 3 is 2.07 bits per heavy atom. The van der Waals surface area contributed by atoms with Gasteiger partial charge in [-0.05, 0) is 5.92 Å². The van der Waals surface area contributed by atoms with Crippen LogP contribution in [-0.2, 0) is 11.3 Å². The molecule has 0 N–H and O–H groups in total. The van der Waals surface area contributed by atoms with Crippen LogP contribution in [0.4, 0.5) is 0 Å². The number of hydrogen-bond donors (Lipinski definition) is 0. The van der Waals surface area contributed by atoms with Crippen LogP contribution >= 0.6 is 23.2 Å². The van der Waals surface area contributed by atoms with Crippen LogP contribution in [0.15, 0.2) is 0 Å². The van der Waals surface area contributed by atoms with Crippen LogP contribution in [0.5, 0.6) is 0 Å². The Balaban J connectivity index is 3.11. The molecule has 14 heavy (non-hydrogen) atoms. The van der Waals surface area contributed by atoms with Crippen LogP contribution in [0, 0.1) is 0 Å². The highest BCUT2D eigenvalue weighted by Crippen LogP contribution is 2.28. The minimum Gasteiger partial charge on any atom is -0.377 e. The van der Waals surface area contributed by atoms with Gasteiger partial charge in [-0.15, -0.1) is 0 Å². The molecule has 1 aromatic heterocycles. The summed E-state index contributed by atoms with van der Waals surface area (Å²) in [5.41, 5.74) is 0.785. The molecule has 0 saturated heterocycles. The molecule has 1 rings (SSSR count). The molecule has 0 radical (unpaired) electrons. The van der Waals surface area contributed by atoms with E-state index in [0.717, 1.165) is 5.56 Å². The van der Waals surface area contributed by atoms with Gasteiger partial charge in [0.25, 0.3) is 0 Å². The maximum absolute atomic E-state index is 5.97. The van der Waals surface area contributed by atoms with E-state index in [1.54, 1.807) is 7.11 Å². The van der Waals surface area contributed by atoms with Gasteiger partial charge in [0.1, 0.15) is 16.9 Å². The van der Waals surface area contributed by atoms with Crippen LogP contribution in [-0.4, -0.2) is 17.1 Å². The predicted molar refractivity (Wildman–Crippen MR) is 56.9 cm³/mol. The Morgan fingerprint density at radius 1 is 1.21 bits per heavy atom. The fraction of sp³-hybridized carbons (Fsp3) is 0.556. The predicted octanol–water partition coefficient (Wildman–Crippen LogP) is 3.05. The average Bonchev–Trinajstić information content (AvgIpc) is 2.01. The Bertz CT molecular complexity index is 306. The minimum absolute atomic E-state index is 0.214. The van der Waals surface area contributed by atoms with Gasteiger partial charge in [0.2, 0.25) is 0 Å². The lowest BCUT2D eigenvalue weighted by Gasteiger charge is -2.10. The van der Waals surface area contributed by atoms with Crippen molar-refractivity contribution in [3.05, 3.63) is 21.7 Å². The van der Waals surface area contributed by atoms with Crippen LogP contribution in [0.25, 0.3) is 0 Å². The second-order valence-electron chi connectivity index (χ2n) is 3.22. The standard InChI is InChI=1S/C9H12Cl2N2O/c1-5(2)7-8(10)12-6(4-14-3)13-9(7)11/h5H,4H2,1-3H3. The van der Waals surface area contributed by atoms with Gasteiger partial charge in [-0.1, -0.05) is 37.0 Å². The molecular formula is C9H12Cl2N2O. The van der Waals surface area contributed by atoms with E-state index >= 15 is 0 Å². The van der Waals surface area contributed by atoms with Crippen LogP contribution < -0.4 is 0 Å². The van der Waals surface area contributed by atoms with Gasteiger partial charge in [0, 0.05) is 12.7 Å². The monoisotopic (exact) mass is 234 g/mol. The first-order chi connectivity index (χ1) is 6.56. The first-order valence-corrected chi connectivity index (χ1v) is 5.02. The summed E-state index contributed by atoms with van der Waals surface area (Å²) in [6.07, 6.45) is 0. The number of nitrogens with zero attached hydrogens (tertiary/aromatic N) is 2. The summed E-state index contributed by atoms with van der Waals surface area (Å²) in [5.74, 6) is 0.721. The van der Waals surface area contributed by atoms with Crippen molar-refractivity contribution >= 4 is 23.2 Å². The zero-order valence-corrected chi connectivity index (χ0v) is 9.85. The second kappa shape index (κ2) is 4.91. The van der Waals surface area contributed by atoms with Gasteiger partial charge in [-0.25, -0.2) is 9.97 Å². The molecule has 0 aliphatic carbocycles. The summed E-state index contributed by atoms with van der Waals surface area (Å²) < 4.78 is 4.90. The van der Waals surface area contributed by atoms with E-state index in [1.807, 2.05) is 13.8 Å². The third-order valence-electron chi connectivity index (χ3n) is 1.75. The number of aromatic nitrogens is 2. The van der Waals surface area contributed by atoms with E-state index in [2.05, 4.69) is 9.97 Å². The lowest BCUT2D eigenvalue weighted by atomic mass is 10.1. The lowest BCUT2D eigenvalue weighted by molar-refractivity contribution is 0.177. The van der Waals surface area contributed by atoms with Crippen molar-refractivity contribution in [2.45, 2.75) is 26.4 Å². The van der Waals surface area contributed by atoms with E-state index in [4.69, 9.17) is 27.9 Å². The molecule has 5 heteroatoms. The van der Waals surface area contributed by atoms with Gasteiger partial charge < -0.3 is 4.74 Å².